The van der Waals surface area contributed by atoms with E-state index in [0.29, 0.717) is 0 Å². The summed E-state index contributed by atoms with van der Waals surface area (Å²) < 4.78 is 0. The van der Waals surface area contributed by atoms with Gasteiger partial charge >= 0.3 is 0 Å². The molecule has 1 saturated carbocycles. The van der Waals surface area contributed by atoms with E-state index in [-0.39, 0.29) is 0 Å². The van der Waals surface area contributed by atoms with Gasteiger partial charge in [-0.1, -0.05) is 19.8 Å². The van der Waals surface area contributed by atoms with E-state index in [2.05, 4.69) is 24.2 Å². The highest BCUT2D eigenvalue weighted by molar-refractivity contribution is 4.86. The molecule has 2 rings (SSSR count). The lowest BCUT2D eigenvalue weighted by Gasteiger charge is -2.39. The summed E-state index contributed by atoms with van der Waals surface area (Å²) >= 11 is 0. The third kappa shape index (κ3) is 2.29. The van der Waals surface area contributed by atoms with Crippen LogP contribution in [0.3, 0.4) is 0 Å². The van der Waals surface area contributed by atoms with Crippen LogP contribution in [0.5, 0.6) is 0 Å². The minimum atomic E-state index is 0.736. The molecule has 0 spiro atoms. The van der Waals surface area contributed by atoms with Crippen LogP contribution < -0.4 is 5.32 Å². The van der Waals surface area contributed by atoms with Gasteiger partial charge in [0, 0.05) is 25.2 Å². The van der Waals surface area contributed by atoms with E-state index in [0.717, 1.165) is 18.0 Å². The Morgan fingerprint density at radius 1 is 1.14 bits per heavy atom. The zero-order valence-electron chi connectivity index (χ0n) is 9.63. The SMILES string of the molecule is CNC1CC(C)CN(C2CCCC2)C1. The van der Waals surface area contributed by atoms with E-state index in [1.807, 2.05) is 0 Å². The topological polar surface area (TPSA) is 15.3 Å². The van der Waals surface area contributed by atoms with E-state index in [1.165, 1.54) is 45.2 Å². The van der Waals surface area contributed by atoms with Crippen molar-refractivity contribution < 1.29 is 0 Å². The molecule has 0 amide bonds. The maximum Gasteiger partial charge on any atom is 0.0195 e. The van der Waals surface area contributed by atoms with Crippen LogP contribution in [0.15, 0.2) is 0 Å². The summed E-state index contributed by atoms with van der Waals surface area (Å²) in [5.41, 5.74) is 0. The van der Waals surface area contributed by atoms with Gasteiger partial charge in [-0.3, -0.25) is 4.90 Å². The first-order chi connectivity index (χ1) is 6.79. The molecule has 2 unspecified atom stereocenters. The summed E-state index contributed by atoms with van der Waals surface area (Å²) in [6.45, 7) is 5.01. The number of nitrogens with one attached hydrogen (secondary N) is 1. The first-order valence-electron chi connectivity index (χ1n) is 6.21. The fourth-order valence-corrected chi connectivity index (χ4v) is 3.17. The monoisotopic (exact) mass is 196 g/mol. The van der Waals surface area contributed by atoms with E-state index in [4.69, 9.17) is 0 Å². The van der Waals surface area contributed by atoms with Crippen LogP contribution in [0.1, 0.15) is 39.0 Å². The molecule has 0 aromatic rings. The van der Waals surface area contributed by atoms with Gasteiger partial charge in [0.25, 0.3) is 0 Å². The lowest BCUT2D eigenvalue weighted by molar-refractivity contribution is 0.108. The van der Waals surface area contributed by atoms with Gasteiger partial charge in [0.05, 0.1) is 0 Å². The van der Waals surface area contributed by atoms with Gasteiger partial charge in [-0.2, -0.15) is 0 Å². The van der Waals surface area contributed by atoms with E-state index >= 15 is 0 Å². The Bertz CT molecular complexity index is 175. The van der Waals surface area contributed by atoms with Gasteiger partial charge in [-0.25, -0.2) is 0 Å². The summed E-state index contributed by atoms with van der Waals surface area (Å²) in [7, 11) is 2.11. The first-order valence-corrected chi connectivity index (χ1v) is 6.21. The van der Waals surface area contributed by atoms with Crippen molar-refractivity contribution in [1.29, 1.82) is 0 Å². The van der Waals surface area contributed by atoms with Crippen molar-refractivity contribution in [2.24, 2.45) is 5.92 Å². The van der Waals surface area contributed by atoms with Crippen LogP contribution in [0.2, 0.25) is 0 Å². The summed E-state index contributed by atoms with van der Waals surface area (Å²) in [4.78, 5) is 2.74. The number of likely N-dealkylation sites (N-methyl/N-ethyl adjacent to an activating group) is 1. The Morgan fingerprint density at radius 2 is 1.86 bits per heavy atom. The fraction of sp³-hybridized carbons (Fsp3) is 1.00. The maximum absolute atomic E-state index is 3.45. The van der Waals surface area contributed by atoms with Crippen molar-refractivity contribution in [2.75, 3.05) is 20.1 Å². The summed E-state index contributed by atoms with van der Waals surface area (Å²) in [5, 5.41) is 3.45. The quantitative estimate of drug-likeness (QED) is 0.725. The van der Waals surface area contributed by atoms with E-state index in [1.54, 1.807) is 0 Å². The molecule has 2 nitrogen and oxygen atoms in total. The van der Waals surface area contributed by atoms with Crippen LogP contribution in [-0.4, -0.2) is 37.1 Å². The van der Waals surface area contributed by atoms with Crippen LogP contribution in [-0.2, 0) is 0 Å². The molecule has 2 heteroatoms. The molecule has 1 saturated heterocycles. The number of nitrogens with zero attached hydrogens (tertiary/aromatic N) is 1. The predicted octanol–water partition coefficient (Wildman–Crippen LogP) is 1.86. The summed E-state index contributed by atoms with van der Waals surface area (Å²) in [6, 6.07) is 1.65. The van der Waals surface area contributed by atoms with Crippen molar-refractivity contribution in [3.05, 3.63) is 0 Å². The Kier molecular flexibility index (Phi) is 3.45. The Morgan fingerprint density at radius 3 is 2.50 bits per heavy atom. The van der Waals surface area contributed by atoms with E-state index < -0.39 is 0 Å². The Hall–Kier alpha value is -0.0800. The van der Waals surface area contributed by atoms with Crippen LogP contribution >= 0.6 is 0 Å². The van der Waals surface area contributed by atoms with Crippen molar-refractivity contribution in [1.82, 2.24) is 10.2 Å². The molecule has 0 aromatic heterocycles. The number of likely N-dealkylation sites (tertiary alicyclic amines) is 1. The zero-order chi connectivity index (χ0) is 9.97. The molecule has 2 fully saturated rings. The predicted molar refractivity (Wildman–Crippen MR) is 60.5 cm³/mol. The van der Waals surface area contributed by atoms with Crippen LogP contribution in [0.25, 0.3) is 0 Å². The van der Waals surface area contributed by atoms with Gasteiger partial charge in [0.15, 0.2) is 0 Å². The molecule has 82 valence electrons. The lowest BCUT2D eigenvalue weighted by Crippen LogP contribution is -2.50. The first kappa shape index (κ1) is 10.4. The number of rotatable bonds is 2. The number of hydrogen-bond donors (Lipinski definition) is 1. The molecule has 2 aliphatic rings. The zero-order valence-corrected chi connectivity index (χ0v) is 9.63. The van der Waals surface area contributed by atoms with Crippen molar-refractivity contribution in [3.63, 3.8) is 0 Å². The number of piperidine rings is 1. The van der Waals surface area contributed by atoms with Crippen molar-refractivity contribution in [3.8, 4) is 0 Å². The van der Waals surface area contributed by atoms with Gasteiger partial charge < -0.3 is 5.32 Å². The maximum atomic E-state index is 3.45. The smallest absolute Gasteiger partial charge is 0.0195 e. The molecule has 1 aliphatic carbocycles. The minimum absolute atomic E-state index is 0.736. The van der Waals surface area contributed by atoms with E-state index in [9.17, 15) is 0 Å². The van der Waals surface area contributed by atoms with Gasteiger partial charge in [0.1, 0.15) is 0 Å². The van der Waals surface area contributed by atoms with Crippen LogP contribution in [0.4, 0.5) is 0 Å². The third-order valence-corrected chi connectivity index (χ3v) is 3.94. The summed E-state index contributed by atoms with van der Waals surface area (Å²) in [6.07, 6.45) is 7.17. The second kappa shape index (κ2) is 4.63. The molecule has 1 heterocycles. The normalized spacial score (nSPS) is 36.4. The second-order valence-electron chi connectivity index (χ2n) is 5.22. The molecular weight excluding hydrogens is 172 g/mol. The standard InChI is InChI=1S/C12H24N2/c1-10-7-11(13-2)9-14(8-10)12-5-3-4-6-12/h10-13H,3-9H2,1-2H3. The molecule has 0 radical (unpaired) electrons. The molecule has 2 atom stereocenters. The highest BCUT2D eigenvalue weighted by Crippen LogP contribution is 2.27. The molecular formula is C12H24N2. The Labute approximate surface area is 88.1 Å². The van der Waals surface area contributed by atoms with Crippen molar-refractivity contribution >= 4 is 0 Å². The van der Waals surface area contributed by atoms with Gasteiger partial charge in [-0.05, 0) is 32.2 Å². The third-order valence-electron chi connectivity index (χ3n) is 3.94. The highest BCUT2D eigenvalue weighted by atomic mass is 15.2. The summed E-state index contributed by atoms with van der Waals surface area (Å²) in [5.74, 6) is 0.877. The van der Waals surface area contributed by atoms with Gasteiger partial charge in [-0.15, -0.1) is 0 Å². The molecule has 0 aromatic carbocycles. The Balaban J connectivity index is 1.90. The minimum Gasteiger partial charge on any atom is -0.316 e. The molecule has 1 N–H and O–H groups in total. The lowest BCUT2D eigenvalue weighted by atomic mass is 9.94. The average Bonchev–Trinajstić information content (AvgIpc) is 2.69. The highest BCUT2D eigenvalue weighted by Gasteiger charge is 2.29. The van der Waals surface area contributed by atoms with Gasteiger partial charge in [0.2, 0.25) is 0 Å². The largest absolute Gasteiger partial charge is 0.316 e. The van der Waals surface area contributed by atoms with Crippen molar-refractivity contribution in [2.45, 2.75) is 51.1 Å². The molecule has 1 aliphatic heterocycles. The van der Waals surface area contributed by atoms with Crippen LogP contribution in [0, 0.1) is 5.92 Å². The average molecular weight is 196 g/mol. The second-order valence-corrected chi connectivity index (χ2v) is 5.22. The molecule has 0 bridgehead atoms. The molecule has 14 heavy (non-hydrogen) atoms. The fourth-order valence-electron chi connectivity index (χ4n) is 3.17. The number of hydrogen-bond acceptors (Lipinski definition) is 2.